The second kappa shape index (κ2) is 8.25. The molecule has 0 saturated heterocycles. The number of carbonyl (C=O) groups is 1. The first kappa shape index (κ1) is 18.2. The minimum atomic E-state index is -0.130. The summed E-state index contributed by atoms with van der Waals surface area (Å²) in [7, 11) is 0. The molecule has 4 nitrogen and oxygen atoms in total. The molecule has 2 N–H and O–H groups in total. The third-order valence-electron chi connectivity index (χ3n) is 4.05. The van der Waals surface area contributed by atoms with Crippen molar-refractivity contribution in [3.63, 3.8) is 0 Å². The Morgan fingerprint density at radius 1 is 0.893 bits per heavy atom. The van der Waals surface area contributed by atoms with Crippen LogP contribution in [-0.4, -0.2) is 10.9 Å². The summed E-state index contributed by atoms with van der Waals surface area (Å²) in [5.41, 5.74) is 4.11. The van der Waals surface area contributed by atoms with Crippen LogP contribution in [-0.2, 0) is 0 Å². The largest absolute Gasteiger partial charge is 0.331 e. The fourth-order valence-electron chi connectivity index (χ4n) is 2.67. The van der Waals surface area contributed by atoms with Gasteiger partial charge < -0.3 is 10.6 Å². The van der Waals surface area contributed by atoms with Crippen molar-refractivity contribution in [1.82, 2.24) is 4.98 Å². The van der Waals surface area contributed by atoms with E-state index < -0.39 is 0 Å². The van der Waals surface area contributed by atoms with E-state index in [1.807, 2.05) is 72.1 Å². The number of hydrogen-bond donors (Lipinski definition) is 2. The van der Waals surface area contributed by atoms with Crippen LogP contribution < -0.4 is 10.6 Å². The van der Waals surface area contributed by atoms with Crippen LogP contribution in [0, 0.1) is 0 Å². The predicted octanol–water partition coefficient (Wildman–Crippen LogP) is 6.46. The third kappa shape index (κ3) is 4.39. The van der Waals surface area contributed by atoms with E-state index >= 15 is 0 Å². The van der Waals surface area contributed by atoms with Crippen molar-refractivity contribution in [2.45, 2.75) is 0 Å². The normalized spacial score (nSPS) is 10.5. The van der Waals surface area contributed by atoms with E-state index in [0.717, 1.165) is 27.8 Å². The quantitative estimate of drug-likeness (QED) is 0.400. The Kier molecular flexibility index (Phi) is 5.37. The molecule has 1 heterocycles. The zero-order valence-electron chi connectivity index (χ0n) is 14.7. The summed E-state index contributed by atoms with van der Waals surface area (Å²) in [5, 5.41) is 9.61. The van der Waals surface area contributed by atoms with Crippen molar-refractivity contribution in [1.29, 1.82) is 0 Å². The van der Waals surface area contributed by atoms with Gasteiger partial charge in [-0.2, -0.15) is 0 Å². The minimum absolute atomic E-state index is 0.130. The van der Waals surface area contributed by atoms with Gasteiger partial charge in [-0.1, -0.05) is 48.0 Å². The minimum Gasteiger partial charge on any atom is -0.331 e. The highest BCUT2D eigenvalue weighted by atomic mass is 35.5. The molecule has 0 spiro atoms. The van der Waals surface area contributed by atoms with Gasteiger partial charge in [0.05, 0.1) is 5.69 Å². The zero-order chi connectivity index (χ0) is 19.3. The summed E-state index contributed by atoms with van der Waals surface area (Å²) in [4.78, 5) is 16.9. The first-order valence-electron chi connectivity index (χ1n) is 8.62. The van der Waals surface area contributed by atoms with Gasteiger partial charge in [-0.15, -0.1) is 11.3 Å². The highest BCUT2D eigenvalue weighted by Gasteiger charge is 2.08. The van der Waals surface area contributed by atoms with Gasteiger partial charge in [0, 0.05) is 32.9 Å². The Bertz CT molecular complexity index is 1090. The van der Waals surface area contributed by atoms with Crippen molar-refractivity contribution in [3.05, 3.63) is 94.8 Å². The first-order valence-corrected chi connectivity index (χ1v) is 9.88. The SMILES string of the molecule is O=C(Nc1ccc(-c2csc(Nc3cccc(Cl)c3)n2)cc1)c1ccccc1. The van der Waals surface area contributed by atoms with Crippen LogP contribution in [0.4, 0.5) is 16.5 Å². The Morgan fingerprint density at radius 3 is 2.43 bits per heavy atom. The van der Waals surface area contributed by atoms with Gasteiger partial charge in [0.25, 0.3) is 5.91 Å². The van der Waals surface area contributed by atoms with Gasteiger partial charge >= 0.3 is 0 Å². The molecule has 0 atom stereocenters. The van der Waals surface area contributed by atoms with Crippen LogP contribution in [0.2, 0.25) is 5.02 Å². The molecular formula is C22H16ClN3OS. The van der Waals surface area contributed by atoms with Crippen LogP contribution in [0.5, 0.6) is 0 Å². The Hall–Kier alpha value is -3.15. The third-order valence-corrected chi connectivity index (χ3v) is 5.05. The lowest BCUT2D eigenvalue weighted by Gasteiger charge is -2.06. The number of benzene rings is 3. The van der Waals surface area contributed by atoms with Gasteiger partial charge in [-0.3, -0.25) is 4.79 Å². The molecule has 4 aromatic rings. The number of halogens is 1. The zero-order valence-corrected chi connectivity index (χ0v) is 16.3. The molecule has 0 aliphatic heterocycles. The van der Waals surface area contributed by atoms with Crippen LogP contribution >= 0.6 is 22.9 Å². The molecule has 3 aromatic carbocycles. The molecule has 1 amide bonds. The topological polar surface area (TPSA) is 54.0 Å². The van der Waals surface area contributed by atoms with Crippen LogP contribution in [0.1, 0.15) is 10.4 Å². The highest BCUT2D eigenvalue weighted by molar-refractivity contribution is 7.14. The van der Waals surface area contributed by atoms with Gasteiger partial charge in [0.1, 0.15) is 0 Å². The van der Waals surface area contributed by atoms with Crippen molar-refractivity contribution in [2.75, 3.05) is 10.6 Å². The van der Waals surface area contributed by atoms with Gasteiger partial charge in [-0.05, 0) is 42.5 Å². The molecule has 138 valence electrons. The van der Waals surface area contributed by atoms with E-state index in [-0.39, 0.29) is 5.91 Å². The Balaban J connectivity index is 1.44. The summed E-state index contributed by atoms with van der Waals surface area (Å²) >= 11 is 7.54. The Morgan fingerprint density at radius 2 is 1.68 bits per heavy atom. The molecule has 0 bridgehead atoms. The number of nitrogens with zero attached hydrogens (tertiary/aromatic N) is 1. The van der Waals surface area contributed by atoms with Crippen LogP contribution in [0.3, 0.4) is 0 Å². The lowest BCUT2D eigenvalue weighted by molar-refractivity contribution is 0.102. The van der Waals surface area contributed by atoms with Gasteiger partial charge in [0.2, 0.25) is 0 Å². The molecule has 6 heteroatoms. The van der Waals surface area contributed by atoms with E-state index in [2.05, 4.69) is 15.6 Å². The fraction of sp³-hybridized carbons (Fsp3) is 0. The van der Waals surface area contributed by atoms with Gasteiger partial charge in [0.15, 0.2) is 5.13 Å². The number of carbonyl (C=O) groups excluding carboxylic acids is 1. The van der Waals surface area contributed by atoms with E-state index in [4.69, 9.17) is 11.6 Å². The smallest absolute Gasteiger partial charge is 0.255 e. The van der Waals surface area contributed by atoms with E-state index in [1.54, 1.807) is 12.1 Å². The second-order valence-electron chi connectivity index (χ2n) is 6.07. The maximum Gasteiger partial charge on any atom is 0.255 e. The molecule has 0 fully saturated rings. The molecule has 0 aliphatic rings. The summed E-state index contributed by atoms with van der Waals surface area (Å²) in [6, 6.07) is 24.3. The van der Waals surface area contributed by atoms with Crippen molar-refractivity contribution >= 4 is 45.4 Å². The first-order chi connectivity index (χ1) is 13.7. The lowest BCUT2D eigenvalue weighted by Crippen LogP contribution is -2.11. The van der Waals surface area contributed by atoms with E-state index in [9.17, 15) is 4.79 Å². The number of nitrogens with one attached hydrogen (secondary N) is 2. The molecule has 0 radical (unpaired) electrons. The van der Waals surface area contributed by atoms with Crippen LogP contribution in [0.15, 0.2) is 84.2 Å². The maximum absolute atomic E-state index is 12.2. The number of anilines is 3. The van der Waals surface area contributed by atoms with E-state index in [1.165, 1.54) is 11.3 Å². The average Bonchev–Trinajstić information content (AvgIpc) is 3.18. The molecule has 1 aromatic heterocycles. The predicted molar refractivity (Wildman–Crippen MR) is 117 cm³/mol. The summed E-state index contributed by atoms with van der Waals surface area (Å²) < 4.78 is 0. The monoisotopic (exact) mass is 405 g/mol. The number of thiazole rings is 1. The number of amides is 1. The molecule has 0 unspecified atom stereocenters. The summed E-state index contributed by atoms with van der Waals surface area (Å²) in [6.45, 7) is 0. The summed E-state index contributed by atoms with van der Waals surface area (Å²) in [6.07, 6.45) is 0. The second-order valence-corrected chi connectivity index (χ2v) is 7.37. The molecular weight excluding hydrogens is 390 g/mol. The number of rotatable bonds is 5. The number of aromatic nitrogens is 1. The summed E-state index contributed by atoms with van der Waals surface area (Å²) in [5.74, 6) is -0.130. The fourth-order valence-corrected chi connectivity index (χ4v) is 3.60. The van der Waals surface area contributed by atoms with Gasteiger partial charge in [-0.25, -0.2) is 4.98 Å². The highest BCUT2D eigenvalue weighted by Crippen LogP contribution is 2.28. The van der Waals surface area contributed by atoms with E-state index in [0.29, 0.717) is 10.6 Å². The standard InChI is InChI=1S/C22H16ClN3OS/c23-17-7-4-8-19(13-17)25-22-26-20(14-28-22)15-9-11-18(12-10-15)24-21(27)16-5-2-1-3-6-16/h1-14H,(H,24,27)(H,25,26). The van der Waals surface area contributed by atoms with Crippen LogP contribution in [0.25, 0.3) is 11.3 Å². The molecule has 4 rings (SSSR count). The Labute approximate surface area is 171 Å². The molecule has 28 heavy (non-hydrogen) atoms. The van der Waals surface area contributed by atoms with Crippen molar-refractivity contribution in [2.24, 2.45) is 0 Å². The van der Waals surface area contributed by atoms with Crippen molar-refractivity contribution in [3.8, 4) is 11.3 Å². The number of hydrogen-bond acceptors (Lipinski definition) is 4. The van der Waals surface area contributed by atoms with Crippen molar-refractivity contribution < 1.29 is 4.79 Å². The molecule has 0 aliphatic carbocycles. The average molecular weight is 406 g/mol. The maximum atomic E-state index is 12.2. The molecule has 0 saturated carbocycles. The lowest BCUT2D eigenvalue weighted by atomic mass is 10.1.